The van der Waals surface area contributed by atoms with Gasteiger partial charge in [-0.25, -0.2) is 4.39 Å². The van der Waals surface area contributed by atoms with Gasteiger partial charge in [-0.1, -0.05) is 65.2 Å². The Kier molecular flexibility index (Phi) is 6.98. The van der Waals surface area contributed by atoms with Gasteiger partial charge < -0.3 is 10.1 Å². The maximum atomic E-state index is 13.8. The Morgan fingerprint density at radius 1 is 1.12 bits per heavy atom. The summed E-state index contributed by atoms with van der Waals surface area (Å²) in [5, 5.41) is 3.37. The van der Waals surface area contributed by atoms with Crippen molar-refractivity contribution < 1.29 is 18.7 Å². The van der Waals surface area contributed by atoms with Crippen LogP contribution in [-0.2, 0) is 20.9 Å². The van der Waals surface area contributed by atoms with Gasteiger partial charge in [0.2, 0.25) is 0 Å². The summed E-state index contributed by atoms with van der Waals surface area (Å²) in [6, 6.07) is 17.9. The Bertz CT molecular complexity index is 1190. The van der Waals surface area contributed by atoms with Crippen LogP contribution in [0.5, 0.6) is 0 Å². The molecule has 0 radical (unpaired) electrons. The maximum absolute atomic E-state index is 13.8. The fourth-order valence-corrected chi connectivity index (χ4v) is 4.14. The summed E-state index contributed by atoms with van der Waals surface area (Å²) >= 11 is 11.9. The van der Waals surface area contributed by atoms with Gasteiger partial charge in [0, 0.05) is 17.3 Å². The molecular weight excluding hydrogens is 466 g/mol. The van der Waals surface area contributed by atoms with E-state index in [1.807, 2.05) is 43.3 Å². The zero-order valence-electron chi connectivity index (χ0n) is 17.7. The highest BCUT2D eigenvalue weighted by Crippen LogP contribution is 2.36. The van der Waals surface area contributed by atoms with Crippen LogP contribution in [0.15, 0.2) is 66.7 Å². The Morgan fingerprint density at radius 2 is 1.88 bits per heavy atom. The van der Waals surface area contributed by atoms with Crippen molar-refractivity contribution in [3.63, 3.8) is 0 Å². The molecule has 0 aliphatic carbocycles. The van der Waals surface area contributed by atoms with Crippen LogP contribution in [0.2, 0.25) is 10.0 Å². The molecule has 1 aliphatic rings. The molecule has 0 bridgehead atoms. The molecule has 0 unspecified atom stereocenters. The number of halogens is 3. The number of benzene rings is 3. The van der Waals surface area contributed by atoms with Crippen molar-refractivity contribution in [2.45, 2.75) is 25.6 Å². The summed E-state index contributed by atoms with van der Waals surface area (Å²) in [7, 11) is 0. The standard InChI is InChI=1S/C25H21Cl2FN2O3/c1-15-3-2-4-17(11-15)23-24(25(32)29-13-16-5-7-18(26)8-6-16)33-14-22(31)30(23)19-9-10-21(28)20(27)12-19/h2-12,23-24H,13-14H2,1H3,(H,29,32)/t23-,24+/m1/s1. The number of amides is 2. The van der Waals surface area contributed by atoms with Crippen molar-refractivity contribution in [1.29, 1.82) is 0 Å². The second-order valence-corrected chi connectivity index (χ2v) is 8.64. The number of hydrogen-bond donors (Lipinski definition) is 1. The molecule has 8 heteroatoms. The van der Waals surface area contributed by atoms with Crippen molar-refractivity contribution in [1.82, 2.24) is 5.32 Å². The van der Waals surface area contributed by atoms with Gasteiger partial charge in [-0.15, -0.1) is 0 Å². The van der Waals surface area contributed by atoms with Gasteiger partial charge in [0.25, 0.3) is 11.8 Å². The van der Waals surface area contributed by atoms with E-state index < -0.39 is 18.0 Å². The summed E-state index contributed by atoms with van der Waals surface area (Å²) in [6.45, 7) is 1.90. The molecule has 0 saturated carbocycles. The van der Waals surface area contributed by atoms with Crippen LogP contribution in [0.1, 0.15) is 22.7 Å². The lowest BCUT2D eigenvalue weighted by Crippen LogP contribution is -2.54. The predicted octanol–water partition coefficient (Wildman–Crippen LogP) is 5.23. The molecule has 33 heavy (non-hydrogen) atoms. The van der Waals surface area contributed by atoms with Gasteiger partial charge in [0.15, 0.2) is 6.10 Å². The van der Waals surface area contributed by atoms with E-state index in [9.17, 15) is 14.0 Å². The number of hydrogen-bond acceptors (Lipinski definition) is 3. The minimum Gasteiger partial charge on any atom is -0.356 e. The molecular formula is C25H21Cl2FN2O3. The number of carbonyl (C=O) groups is 2. The van der Waals surface area contributed by atoms with E-state index in [4.69, 9.17) is 27.9 Å². The summed E-state index contributed by atoms with van der Waals surface area (Å²) in [5.41, 5.74) is 2.93. The SMILES string of the molecule is Cc1cccc([C@@H]2[C@@H](C(=O)NCc3ccc(Cl)cc3)OCC(=O)N2c2ccc(F)c(Cl)c2)c1. The molecule has 2 atom stereocenters. The lowest BCUT2D eigenvalue weighted by atomic mass is 9.95. The Morgan fingerprint density at radius 3 is 2.58 bits per heavy atom. The minimum atomic E-state index is -0.986. The zero-order chi connectivity index (χ0) is 23.5. The van der Waals surface area contributed by atoms with Crippen LogP contribution < -0.4 is 10.2 Å². The highest BCUT2D eigenvalue weighted by atomic mass is 35.5. The summed E-state index contributed by atoms with van der Waals surface area (Å²) in [4.78, 5) is 27.6. The number of carbonyl (C=O) groups excluding carboxylic acids is 2. The molecule has 1 saturated heterocycles. The van der Waals surface area contributed by atoms with Gasteiger partial charge in [-0.2, -0.15) is 0 Å². The number of rotatable bonds is 5. The second-order valence-electron chi connectivity index (χ2n) is 7.80. The molecule has 2 amide bonds. The molecule has 170 valence electrons. The van der Waals surface area contributed by atoms with Crippen LogP contribution >= 0.6 is 23.2 Å². The molecule has 0 spiro atoms. The van der Waals surface area contributed by atoms with Crippen LogP contribution in [0.3, 0.4) is 0 Å². The number of anilines is 1. The average molecular weight is 487 g/mol. The van der Waals surface area contributed by atoms with Crippen LogP contribution in [0.4, 0.5) is 10.1 Å². The van der Waals surface area contributed by atoms with Gasteiger partial charge in [0.05, 0.1) is 11.1 Å². The molecule has 4 rings (SSSR count). The highest BCUT2D eigenvalue weighted by molar-refractivity contribution is 6.31. The van der Waals surface area contributed by atoms with Crippen molar-refractivity contribution in [3.8, 4) is 0 Å². The molecule has 0 aromatic heterocycles. The topological polar surface area (TPSA) is 58.6 Å². The normalized spacial score (nSPS) is 18.3. The van der Waals surface area contributed by atoms with Gasteiger partial charge in [-0.05, 0) is 48.4 Å². The monoisotopic (exact) mass is 486 g/mol. The van der Waals surface area contributed by atoms with E-state index in [-0.39, 0.29) is 30.0 Å². The first kappa shape index (κ1) is 23.2. The van der Waals surface area contributed by atoms with Crippen molar-refractivity contribution in [2.75, 3.05) is 11.5 Å². The smallest absolute Gasteiger partial charge is 0.253 e. The quantitative estimate of drug-likeness (QED) is 0.536. The Hall–Kier alpha value is -2.93. The Labute approximate surface area is 201 Å². The highest BCUT2D eigenvalue weighted by Gasteiger charge is 2.42. The first-order valence-electron chi connectivity index (χ1n) is 10.3. The third-order valence-electron chi connectivity index (χ3n) is 5.42. The fraction of sp³-hybridized carbons (Fsp3) is 0.200. The Balaban J connectivity index is 1.68. The largest absolute Gasteiger partial charge is 0.356 e. The summed E-state index contributed by atoms with van der Waals surface area (Å²) < 4.78 is 19.5. The molecule has 1 N–H and O–H groups in total. The summed E-state index contributed by atoms with van der Waals surface area (Å²) in [5.74, 6) is -1.32. The van der Waals surface area contributed by atoms with E-state index >= 15 is 0 Å². The number of ether oxygens (including phenoxy) is 1. The molecule has 1 aliphatic heterocycles. The third-order valence-corrected chi connectivity index (χ3v) is 5.97. The number of aryl methyl sites for hydroxylation is 1. The minimum absolute atomic E-state index is 0.112. The van der Waals surface area contributed by atoms with Crippen LogP contribution in [-0.4, -0.2) is 24.5 Å². The van der Waals surface area contributed by atoms with E-state index in [2.05, 4.69) is 5.32 Å². The van der Waals surface area contributed by atoms with Crippen molar-refractivity contribution in [3.05, 3.63) is 99.3 Å². The van der Waals surface area contributed by atoms with E-state index in [0.29, 0.717) is 10.7 Å². The van der Waals surface area contributed by atoms with E-state index in [1.165, 1.54) is 23.1 Å². The van der Waals surface area contributed by atoms with Gasteiger partial charge >= 0.3 is 0 Å². The average Bonchev–Trinajstić information content (AvgIpc) is 2.80. The first-order chi connectivity index (χ1) is 15.8. The molecule has 5 nitrogen and oxygen atoms in total. The van der Waals surface area contributed by atoms with Crippen molar-refractivity contribution in [2.24, 2.45) is 0 Å². The molecule has 3 aromatic carbocycles. The van der Waals surface area contributed by atoms with E-state index in [1.54, 1.807) is 12.1 Å². The van der Waals surface area contributed by atoms with Crippen LogP contribution in [0.25, 0.3) is 0 Å². The second kappa shape index (κ2) is 9.91. The number of nitrogens with one attached hydrogen (secondary N) is 1. The van der Waals surface area contributed by atoms with E-state index in [0.717, 1.165) is 16.7 Å². The zero-order valence-corrected chi connectivity index (χ0v) is 19.2. The first-order valence-corrected chi connectivity index (χ1v) is 11.1. The van der Waals surface area contributed by atoms with Crippen molar-refractivity contribution >= 4 is 40.7 Å². The molecule has 1 fully saturated rings. The molecule has 1 heterocycles. The molecule has 3 aromatic rings. The predicted molar refractivity (Wildman–Crippen MR) is 126 cm³/mol. The summed E-state index contributed by atoms with van der Waals surface area (Å²) in [6.07, 6.45) is -0.986. The van der Waals surface area contributed by atoms with Gasteiger partial charge in [0.1, 0.15) is 12.4 Å². The van der Waals surface area contributed by atoms with Crippen LogP contribution in [0, 0.1) is 12.7 Å². The lowest BCUT2D eigenvalue weighted by Gasteiger charge is -2.40. The lowest BCUT2D eigenvalue weighted by molar-refractivity contribution is -0.144. The van der Waals surface area contributed by atoms with Gasteiger partial charge in [-0.3, -0.25) is 14.5 Å². The number of nitrogens with zero attached hydrogens (tertiary/aromatic N) is 1. The number of morpholine rings is 1. The fourth-order valence-electron chi connectivity index (χ4n) is 3.84. The third kappa shape index (κ3) is 5.19. The maximum Gasteiger partial charge on any atom is 0.253 e.